The lowest BCUT2D eigenvalue weighted by Gasteiger charge is -2.12. The normalized spacial score (nSPS) is 10.5. The first kappa shape index (κ1) is 14.8. The number of ether oxygens (including phenoxy) is 2. The SMILES string of the molecule is COc1cnccc1-c1ccc([N+](=O)[O-])c(OC(C)C)c1. The average molecular weight is 288 g/mol. The van der Waals surface area contributed by atoms with Crippen molar-refractivity contribution in [1.82, 2.24) is 4.98 Å². The van der Waals surface area contributed by atoms with Crippen molar-refractivity contribution in [1.29, 1.82) is 0 Å². The van der Waals surface area contributed by atoms with E-state index < -0.39 is 4.92 Å². The fraction of sp³-hybridized carbons (Fsp3) is 0.267. The molecule has 0 aliphatic carbocycles. The molecule has 21 heavy (non-hydrogen) atoms. The largest absolute Gasteiger partial charge is 0.494 e. The molecular formula is C15H16N2O4. The third-order valence-corrected chi connectivity index (χ3v) is 2.83. The van der Waals surface area contributed by atoms with Gasteiger partial charge in [-0.2, -0.15) is 0 Å². The maximum absolute atomic E-state index is 11.1. The number of rotatable bonds is 5. The van der Waals surface area contributed by atoms with Gasteiger partial charge in [0.15, 0.2) is 5.75 Å². The van der Waals surface area contributed by atoms with Gasteiger partial charge in [0.05, 0.1) is 24.3 Å². The number of nitro benzene ring substituents is 1. The lowest BCUT2D eigenvalue weighted by molar-refractivity contribution is -0.386. The predicted octanol–water partition coefficient (Wildman–Crippen LogP) is 3.45. The van der Waals surface area contributed by atoms with E-state index in [1.54, 1.807) is 37.7 Å². The molecule has 0 aliphatic rings. The Morgan fingerprint density at radius 3 is 2.62 bits per heavy atom. The van der Waals surface area contributed by atoms with Crippen molar-refractivity contribution in [2.45, 2.75) is 20.0 Å². The van der Waals surface area contributed by atoms with Crippen molar-refractivity contribution in [3.05, 3.63) is 46.8 Å². The number of hydrogen-bond donors (Lipinski definition) is 0. The number of pyridine rings is 1. The van der Waals surface area contributed by atoms with Crippen molar-refractivity contribution < 1.29 is 14.4 Å². The van der Waals surface area contributed by atoms with Gasteiger partial charge in [0.1, 0.15) is 5.75 Å². The lowest BCUT2D eigenvalue weighted by atomic mass is 10.1. The molecule has 2 rings (SSSR count). The topological polar surface area (TPSA) is 74.5 Å². The summed E-state index contributed by atoms with van der Waals surface area (Å²) in [5, 5.41) is 11.1. The van der Waals surface area contributed by atoms with Gasteiger partial charge >= 0.3 is 5.69 Å². The third-order valence-electron chi connectivity index (χ3n) is 2.83. The molecule has 110 valence electrons. The van der Waals surface area contributed by atoms with Gasteiger partial charge in [-0.1, -0.05) is 0 Å². The van der Waals surface area contributed by atoms with E-state index >= 15 is 0 Å². The van der Waals surface area contributed by atoms with Gasteiger partial charge in [0.2, 0.25) is 0 Å². The van der Waals surface area contributed by atoms with E-state index in [4.69, 9.17) is 9.47 Å². The number of aromatic nitrogens is 1. The average Bonchev–Trinajstić information content (AvgIpc) is 2.46. The van der Waals surface area contributed by atoms with Gasteiger partial charge in [0, 0.05) is 17.8 Å². The van der Waals surface area contributed by atoms with E-state index in [1.165, 1.54) is 6.07 Å². The summed E-state index contributed by atoms with van der Waals surface area (Å²) in [5.41, 5.74) is 1.52. The van der Waals surface area contributed by atoms with Crippen molar-refractivity contribution in [3.8, 4) is 22.6 Å². The highest BCUT2D eigenvalue weighted by Crippen LogP contribution is 2.36. The molecule has 0 saturated heterocycles. The van der Waals surface area contributed by atoms with Crippen LogP contribution in [0, 0.1) is 10.1 Å². The Morgan fingerprint density at radius 1 is 1.24 bits per heavy atom. The summed E-state index contributed by atoms with van der Waals surface area (Å²) in [4.78, 5) is 14.6. The number of hydrogen-bond acceptors (Lipinski definition) is 5. The number of nitro groups is 1. The predicted molar refractivity (Wildman–Crippen MR) is 78.6 cm³/mol. The smallest absolute Gasteiger partial charge is 0.310 e. The van der Waals surface area contributed by atoms with Crippen LogP contribution in [-0.4, -0.2) is 23.1 Å². The molecule has 2 aromatic rings. The molecular weight excluding hydrogens is 272 g/mol. The molecule has 1 aromatic carbocycles. The Bertz CT molecular complexity index is 656. The van der Waals surface area contributed by atoms with Crippen LogP contribution in [0.2, 0.25) is 0 Å². The Labute approximate surface area is 122 Å². The number of methoxy groups -OCH3 is 1. The van der Waals surface area contributed by atoms with Crippen LogP contribution in [0.25, 0.3) is 11.1 Å². The molecule has 1 heterocycles. The zero-order valence-corrected chi connectivity index (χ0v) is 12.1. The Hall–Kier alpha value is -2.63. The first-order valence-electron chi connectivity index (χ1n) is 6.46. The highest BCUT2D eigenvalue weighted by Gasteiger charge is 2.18. The van der Waals surface area contributed by atoms with Gasteiger partial charge in [-0.05, 0) is 37.6 Å². The minimum Gasteiger partial charge on any atom is -0.494 e. The number of benzene rings is 1. The summed E-state index contributed by atoms with van der Waals surface area (Å²) in [6.07, 6.45) is 3.08. The first-order valence-corrected chi connectivity index (χ1v) is 6.46. The quantitative estimate of drug-likeness (QED) is 0.622. The second-order valence-corrected chi connectivity index (χ2v) is 4.68. The Balaban J connectivity index is 2.53. The summed E-state index contributed by atoms with van der Waals surface area (Å²) >= 11 is 0. The Kier molecular flexibility index (Phi) is 4.37. The van der Waals surface area contributed by atoms with Gasteiger partial charge in [0.25, 0.3) is 0 Å². The summed E-state index contributed by atoms with van der Waals surface area (Å²) in [6.45, 7) is 3.65. The molecule has 0 aliphatic heterocycles. The molecule has 6 heteroatoms. The molecule has 0 fully saturated rings. The van der Waals surface area contributed by atoms with Crippen LogP contribution in [0.3, 0.4) is 0 Å². The molecule has 0 amide bonds. The summed E-state index contributed by atoms with van der Waals surface area (Å²) in [7, 11) is 1.55. The van der Waals surface area contributed by atoms with Crippen molar-refractivity contribution >= 4 is 5.69 Å². The van der Waals surface area contributed by atoms with Crippen LogP contribution >= 0.6 is 0 Å². The van der Waals surface area contributed by atoms with Gasteiger partial charge < -0.3 is 9.47 Å². The zero-order valence-electron chi connectivity index (χ0n) is 12.1. The van der Waals surface area contributed by atoms with Crippen LogP contribution in [0.5, 0.6) is 11.5 Å². The molecule has 1 aromatic heterocycles. The minimum atomic E-state index is -0.453. The highest BCUT2D eigenvalue weighted by atomic mass is 16.6. The summed E-state index contributed by atoms with van der Waals surface area (Å²) < 4.78 is 10.8. The molecule has 0 saturated carbocycles. The van der Waals surface area contributed by atoms with Crippen LogP contribution in [0.4, 0.5) is 5.69 Å². The van der Waals surface area contributed by atoms with Crippen LogP contribution in [-0.2, 0) is 0 Å². The Morgan fingerprint density at radius 2 is 2.00 bits per heavy atom. The van der Waals surface area contributed by atoms with E-state index in [1.807, 2.05) is 13.8 Å². The van der Waals surface area contributed by atoms with E-state index in [9.17, 15) is 10.1 Å². The van der Waals surface area contributed by atoms with Crippen molar-refractivity contribution in [2.75, 3.05) is 7.11 Å². The molecule has 0 spiro atoms. The summed E-state index contributed by atoms with van der Waals surface area (Å²) in [6, 6.07) is 6.55. The third kappa shape index (κ3) is 3.28. The van der Waals surface area contributed by atoms with E-state index in [0.29, 0.717) is 5.75 Å². The lowest BCUT2D eigenvalue weighted by Crippen LogP contribution is -2.07. The fourth-order valence-electron chi connectivity index (χ4n) is 1.96. The van der Waals surface area contributed by atoms with E-state index in [2.05, 4.69) is 4.98 Å². The summed E-state index contributed by atoms with van der Waals surface area (Å²) in [5.74, 6) is 0.841. The second kappa shape index (κ2) is 6.21. The molecule has 0 N–H and O–H groups in total. The maximum Gasteiger partial charge on any atom is 0.310 e. The fourth-order valence-corrected chi connectivity index (χ4v) is 1.96. The maximum atomic E-state index is 11.1. The van der Waals surface area contributed by atoms with Gasteiger partial charge in [-0.25, -0.2) is 0 Å². The monoisotopic (exact) mass is 288 g/mol. The zero-order chi connectivity index (χ0) is 15.4. The second-order valence-electron chi connectivity index (χ2n) is 4.68. The van der Waals surface area contributed by atoms with Crippen molar-refractivity contribution in [3.63, 3.8) is 0 Å². The molecule has 0 radical (unpaired) electrons. The molecule has 6 nitrogen and oxygen atoms in total. The van der Waals surface area contributed by atoms with Gasteiger partial charge in [-0.15, -0.1) is 0 Å². The minimum absolute atomic E-state index is 0.0551. The van der Waals surface area contributed by atoms with Gasteiger partial charge in [-0.3, -0.25) is 15.1 Å². The van der Waals surface area contributed by atoms with Crippen LogP contribution < -0.4 is 9.47 Å². The van der Waals surface area contributed by atoms with E-state index in [0.717, 1.165) is 11.1 Å². The van der Waals surface area contributed by atoms with Crippen LogP contribution in [0.15, 0.2) is 36.7 Å². The molecule has 0 unspecified atom stereocenters. The first-order chi connectivity index (χ1) is 10.0. The highest BCUT2D eigenvalue weighted by molar-refractivity contribution is 5.73. The van der Waals surface area contributed by atoms with E-state index in [-0.39, 0.29) is 17.5 Å². The van der Waals surface area contributed by atoms with Crippen molar-refractivity contribution in [2.24, 2.45) is 0 Å². The standard InChI is InChI=1S/C15H16N2O4/c1-10(2)21-14-8-11(4-5-13(14)17(18)19)12-6-7-16-9-15(12)20-3/h4-10H,1-3H3. The molecule has 0 atom stereocenters. The van der Waals surface area contributed by atoms with Crippen LogP contribution in [0.1, 0.15) is 13.8 Å². The number of nitrogens with zero attached hydrogens (tertiary/aromatic N) is 2. The molecule has 0 bridgehead atoms.